The van der Waals surface area contributed by atoms with Gasteiger partial charge in [0.2, 0.25) is 0 Å². The summed E-state index contributed by atoms with van der Waals surface area (Å²) < 4.78 is 0. The van der Waals surface area contributed by atoms with E-state index in [2.05, 4.69) is 5.10 Å². The molecule has 0 saturated heterocycles. The predicted octanol–water partition coefficient (Wildman–Crippen LogP) is 5.31. The predicted molar refractivity (Wildman–Crippen MR) is 127 cm³/mol. The zero-order valence-electron chi connectivity index (χ0n) is 17.8. The molecule has 0 saturated carbocycles. The summed E-state index contributed by atoms with van der Waals surface area (Å²) in [5, 5.41) is 16.7. The van der Waals surface area contributed by atoms with Gasteiger partial charge in [-0.15, -0.1) is 0 Å². The van der Waals surface area contributed by atoms with E-state index < -0.39 is 5.92 Å². The van der Waals surface area contributed by atoms with Crippen LogP contribution in [0.15, 0.2) is 71.8 Å². The summed E-state index contributed by atoms with van der Waals surface area (Å²) in [6.45, 7) is 5.90. The summed E-state index contributed by atoms with van der Waals surface area (Å²) >= 11 is 0. The minimum absolute atomic E-state index is 0.108. The van der Waals surface area contributed by atoms with Gasteiger partial charge >= 0.3 is 0 Å². The maximum Gasteiger partial charge on any atom is 0.260 e. The fraction of sp³-hybridized carbons (Fsp3) is 0.154. The monoisotopic (exact) mass is 411 g/mol. The number of phenols is 1. The fourth-order valence-electron chi connectivity index (χ4n) is 3.68. The number of nitrogen functional groups attached to an aromatic ring is 1. The van der Waals surface area contributed by atoms with Crippen LogP contribution in [0.25, 0.3) is 17.2 Å². The summed E-state index contributed by atoms with van der Waals surface area (Å²) in [5.41, 5.74) is 12.4. The van der Waals surface area contributed by atoms with Crippen molar-refractivity contribution in [3.63, 3.8) is 0 Å². The molecule has 1 amide bonds. The number of hydrogen-bond acceptors (Lipinski definition) is 4. The Balaban J connectivity index is 1.60. The lowest BCUT2D eigenvalue weighted by molar-refractivity contribution is -0.118. The average Bonchev–Trinajstić information content (AvgIpc) is 3.03. The summed E-state index contributed by atoms with van der Waals surface area (Å²) in [6.07, 6.45) is 3.57. The van der Waals surface area contributed by atoms with Crippen LogP contribution >= 0.6 is 0 Å². The van der Waals surface area contributed by atoms with Crippen molar-refractivity contribution in [2.24, 2.45) is 11.0 Å². The molecule has 5 heteroatoms. The Kier molecular flexibility index (Phi) is 5.34. The van der Waals surface area contributed by atoms with Crippen molar-refractivity contribution in [2.75, 3.05) is 10.7 Å². The minimum atomic E-state index is -0.475. The summed E-state index contributed by atoms with van der Waals surface area (Å²) in [6, 6.07) is 18.8. The molecule has 4 rings (SSSR count). The van der Waals surface area contributed by atoms with E-state index in [1.54, 1.807) is 18.2 Å². The summed E-state index contributed by atoms with van der Waals surface area (Å²) in [7, 11) is 0. The van der Waals surface area contributed by atoms with E-state index in [1.807, 2.05) is 75.4 Å². The first kappa shape index (κ1) is 20.4. The van der Waals surface area contributed by atoms with Crippen LogP contribution in [-0.2, 0) is 4.79 Å². The lowest BCUT2D eigenvalue weighted by Crippen LogP contribution is -2.25. The van der Waals surface area contributed by atoms with Gasteiger partial charge in [0.15, 0.2) is 0 Å². The molecule has 0 aromatic heterocycles. The van der Waals surface area contributed by atoms with Crippen LogP contribution in [-0.4, -0.2) is 16.7 Å². The smallest absolute Gasteiger partial charge is 0.260 e. The molecule has 3 aromatic carbocycles. The van der Waals surface area contributed by atoms with E-state index >= 15 is 0 Å². The Morgan fingerprint density at radius 2 is 1.77 bits per heavy atom. The highest BCUT2D eigenvalue weighted by Crippen LogP contribution is 2.34. The molecule has 1 atom stereocenters. The Morgan fingerprint density at radius 1 is 1.00 bits per heavy atom. The molecule has 0 bridgehead atoms. The van der Waals surface area contributed by atoms with Crippen LogP contribution in [0.5, 0.6) is 5.75 Å². The molecule has 0 spiro atoms. The number of nitrogens with zero attached hydrogens (tertiary/aromatic N) is 2. The van der Waals surface area contributed by atoms with E-state index in [9.17, 15) is 9.90 Å². The third-order valence-electron chi connectivity index (χ3n) is 5.65. The number of benzene rings is 3. The van der Waals surface area contributed by atoms with Crippen molar-refractivity contribution in [1.29, 1.82) is 0 Å². The average molecular weight is 412 g/mol. The van der Waals surface area contributed by atoms with Crippen molar-refractivity contribution >= 4 is 29.1 Å². The highest BCUT2D eigenvalue weighted by molar-refractivity contribution is 6.16. The van der Waals surface area contributed by atoms with E-state index in [0.29, 0.717) is 22.5 Å². The van der Waals surface area contributed by atoms with E-state index in [4.69, 9.17) is 5.73 Å². The normalized spacial score (nSPS) is 16.2. The maximum atomic E-state index is 13.0. The number of anilines is 2. The molecule has 5 nitrogen and oxygen atoms in total. The zero-order valence-corrected chi connectivity index (χ0v) is 17.8. The largest absolute Gasteiger partial charge is 0.507 e. The number of aryl methyl sites for hydroxylation is 2. The lowest BCUT2D eigenvalue weighted by Gasteiger charge is -2.14. The minimum Gasteiger partial charge on any atom is -0.507 e. The van der Waals surface area contributed by atoms with Gasteiger partial charge in [0.25, 0.3) is 5.91 Å². The van der Waals surface area contributed by atoms with Gasteiger partial charge in [-0.3, -0.25) is 4.79 Å². The van der Waals surface area contributed by atoms with E-state index in [1.165, 1.54) is 10.6 Å². The number of hydrazone groups is 1. The number of carbonyl (C=O) groups is 1. The Bertz CT molecular complexity index is 1230. The number of amides is 1. The highest BCUT2D eigenvalue weighted by Gasteiger charge is 2.32. The third kappa shape index (κ3) is 3.94. The second kappa shape index (κ2) is 8.11. The maximum absolute atomic E-state index is 13.0. The molecule has 0 radical (unpaired) electrons. The first-order valence-electron chi connectivity index (χ1n) is 10.2. The molecule has 1 heterocycles. The molecular weight excluding hydrogens is 386 g/mol. The van der Waals surface area contributed by atoms with Gasteiger partial charge in [-0.1, -0.05) is 48.6 Å². The van der Waals surface area contributed by atoms with Crippen molar-refractivity contribution in [2.45, 2.75) is 20.8 Å². The molecule has 0 aliphatic carbocycles. The molecular formula is C26H25N3O2. The van der Waals surface area contributed by atoms with Crippen molar-refractivity contribution in [3.05, 3.63) is 83.4 Å². The lowest BCUT2D eigenvalue weighted by atomic mass is 9.98. The Hall–Kier alpha value is -3.86. The van der Waals surface area contributed by atoms with Gasteiger partial charge in [0.05, 0.1) is 17.3 Å². The number of aromatic hydroxyl groups is 1. The molecule has 0 fully saturated rings. The fourth-order valence-corrected chi connectivity index (χ4v) is 3.68. The number of rotatable bonds is 4. The molecule has 1 unspecified atom stereocenters. The SMILES string of the molecule is CC1=NN(c2ccc(C)c(C)c2)C(=O)C1/C=C/c1cccc(-c2cccc(N)c2)c1O. The van der Waals surface area contributed by atoms with Crippen LogP contribution < -0.4 is 10.7 Å². The number of phenolic OH excluding ortho intramolecular Hbond substituents is 1. The van der Waals surface area contributed by atoms with Gasteiger partial charge in [0.1, 0.15) is 5.75 Å². The second-order valence-electron chi connectivity index (χ2n) is 7.87. The molecule has 3 aromatic rings. The van der Waals surface area contributed by atoms with Gasteiger partial charge in [-0.2, -0.15) is 10.1 Å². The second-order valence-corrected chi connectivity index (χ2v) is 7.87. The molecule has 156 valence electrons. The topological polar surface area (TPSA) is 78.9 Å². The number of hydrogen-bond donors (Lipinski definition) is 2. The standard InChI is InChI=1S/C26H25N3O2/c1-16-10-12-22(14-17(16)2)29-26(31)23(18(3)28-29)13-11-19-6-5-9-24(25(19)30)20-7-4-8-21(27)15-20/h4-15,23,30H,27H2,1-3H3/b13-11+. The van der Waals surface area contributed by atoms with Crippen molar-refractivity contribution in [1.82, 2.24) is 0 Å². The summed E-state index contributed by atoms with van der Waals surface area (Å²) in [5.74, 6) is -0.434. The van der Waals surface area contributed by atoms with Gasteiger partial charge in [0, 0.05) is 16.8 Å². The van der Waals surface area contributed by atoms with Crippen LogP contribution in [0.4, 0.5) is 11.4 Å². The van der Waals surface area contributed by atoms with Crippen LogP contribution in [0.1, 0.15) is 23.6 Å². The van der Waals surface area contributed by atoms with E-state index in [0.717, 1.165) is 16.8 Å². The first-order chi connectivity index (χ1) is 14.8. The van der Waals surface area contributed by atoms with Gasteiger partial charge < -0.3 is 10.8 Å². The van der Waals surface area contributed by atoms with Crippen LogP contribution in [0.3, 0.4) is 0 Å². The Labute approximate surface area is 182 Å². The van der Waals surface area contributed by atoms with Gasteiger partial charge in [-0.05, 0) is 61.7 Å². The first-order valence-corrected chi connectivity index (χ1v) is 10.2. The number of para-hydroxylation sites is 1. The quantitative estimate of drug-likeness (QED) is 0.571. The van der Waals surface area contributed by atoms with Crippen molar-refractivity contribution in [3.8, 4) is 16.9 Å². The van der Waals surface area contributed by atoms with E-state index in [-0.39, 0.29) is 11.7 Å². The molecule has 1 aliphatic rings. The van der Waals surface area contributed by atoms with Crippen LogP contribution in [0, 0.1) is 19.8 Å². The zero-order chi connectivity index (χ0) is 22.1. The molecule has 3 N–H and O–H groups in total. The van der Waals surface area contributed by atoms with Gasteiger partial charge in [-0.25, -0.2) is 0 Å². The number of carbonyl (C=O) groups excluding carboxylic acids is 1. The number of nitrogens with two attached hydrogens (primary N) is 1. The van der Waals surface area contributed by atoms with Crippen molar-refractivity contribution < 1.29 is 9.90 Å². The Morgan fingerprint density at radius 3 is 2.52 bits per heavy atom. The summed E-state index contributed by atoms with van der Waals surface area (Å²) in [4.78, 5) is 13.0. The molecule has 1 aliphatic heterocycles. The third-order valence-corrected chi connectivity index (χ3v) is 5.65. The molecule has 31 heavy (non-hydrogen) atoms. The highest BCUT2D eigenvalue weighted by atomic mass is 16.3. The van der Waals surface area contributed by atoms with Crippen LogP contribution in [0.2, 0.25) is 0 Å².